The summed E-state index contributed by atoms with van der Waals surface area (Å²) >= 11 is 10.2. The molecule has 0 aliphatic rings. The fraction of sp³-hybridized carbons (Fsp3) is 0.0714. The number of thiophene rings is 1. The second-order valence-corrected chi connectivity index (χ2v) is 7.40. The Morgan fingerprint density at radius 2 is 2.23 bits per heavy atom. The summed E-state index contributed by atoms with van der Waals surface area (Å²) in [7, 11) is 0. The first-order chi connectivity index (χ1) is 10.7. The van der Waals surface area contributed by atoms with Crippen molar-refractivity contribution < 1.29 is 4.79 Å². The van der Waals surface area contributed by atoms with Crippen molar-refractivity contribution in [1.29, 1.82) is 0 Å². The van der Waals surface area contributed by atoms with Gasteiger partial charge in [0.05, 0.1) is 26.4 Å². The van der Waals surface area contributed by atoms with Crippen LogP contribution in [0.2, 0.25) is 5.02 Å². The van der Waals surface area contributed by atoms with Crippen LogP contribution in [0.5, 0.6) is 0 Å². The summed E-state index contributed by atoms with van der Waals surface area (Å²) in [5, 5.41) is 8.70. The van der Waals surface area contributed by atoms with E-state index in [9.17, 15) is 4.79 Å². The summed E-state index contributed by atoms with van der Waals surface area (Å²) in [6, 6.07) is 7.53. The Kier molecular flexibility index (Phi) is 5.09. The third-order valence-corrected chi connectivity index (χ3v) is 5.39. The number of nitrogens with one attached hydrogen (secondary N) is 1. The van der Waals surface area contributed by atoms with Crippen molar-refractivity contribution >= 4 is 57.1 Å². The van der Waals surface area contributed by atoms with Crippen LogP contribution in [-0.4, -0.2) is 21.6 Å². The van der Waals surface area contributed by atoms with Gasteiger partial charge < -0.3 is 5.32 Å². The van der Waals surface area contributed by atoms with Gasteiger partial charge in [-0.3, -0.25) is 4.79 Å². The summed E-state index contributed by atoms with van der Waals surface area (Å²) in [5.74, 6) is 0.177. The Morgan fingerprint density at radius 1 is 1.32 bits per heavy atom. The molecule has 1 amide bonds. The minimum absolute atomic E-state index is 0.103. The number of carbonyl (C=O) groups excluding carboxylic acids is 1. The van der Waals surface area contributed by atoms with Crippen molar-refractivity contribution in [3.63, 3.8) is 0 Å². The quantitative estimate of drug-likeness (QED) is 0.667. The van der Waals surface area contributed by atoms with E-state index < -0.39 is 0 Å². The molecule has 3 aromatic heterocycles. The highest BCUT2D eigenvalue weighted by Crippen LogP contribution is 2.28. The van der Waals surface area contributed by atoms with Gasteiger partial charge in [0, 0.05) is 11.6 Å². The van der Waals surface area contributed by atoms with Crippen molar-refractivity contribution in [2.24, 2.45) is 0 Å². The lowest BCUT2D eigenvalue weighted by molar-refractivity contribution is -0.113. The monoisotopic (exact) mass is 367 g/mol. The molecule has 8 heteroatoms. The van der Waals surface area contributed by atoms with E-state index in [4.69, 9.17) is 11.6 Å². The van der Waals surface area contributed by atoms with E-state index in [1.165, 1.54) is 23.1 Å². The Morgan fingerprint density at radius 3 is 2.95 bits per heavy atom. The van der Waals surface area contributed by atoms with Gasteiger partial charge in [0.2, 0.25) is 5.91 Å². The average molecular weight is 368 g/mol. The molecule has 1 N–H and O–H groups in total. The fourth-order valence-electron chi connectivity index (χ4n) is 1.61. The van der Waals surface area contributed by atoms with Crippen molar-refractivity contribution in [1.82, 2.24) is 9.97 Å². The number of carbonyl (C=O) groups is 1. The van der Waals surface area contributed by atoms with Crippen molar-refractivity contribution in [2.75, 3.05) is 11.1 Å². The zero-order valence-electron chi connectivity index (χ0n) is 11.2. The molecule has 0 bridgehead atoms. The molecule has 0 saturated carbocycles. The van der Waals surface area contributed by atoms with Gasteiger partial charge in [-0.2, -0.15) is 0 Å². The molecule has 0 radical (unpaired) electrons. The number of pyridine rings is 1. The predicted molar refractivity (Wildman–Crippen MR) is 94.0 cm³/mol. The number of rotatable bonds is 5. The summed E-state index contributed by atoms with van der Waals surface area (Å²) in [5.41, 5.74) is 0.891. The first kappa shape index (κ1) is 15.5. The number of hydrogen-bond acceptors (Lipinski definition) is 6. The van der Waals surface area contributed by atoms with E-state index >= 15 is 0 Å². The molecule has 0 fully saturated rings. The van der Waals surface area contributed by atoms with Crippen LogP contribution in [0.25, 0.3) is 10.6 Å². The SMILES string of the molecule is O=C(CSc1ccc(Cl)cn1)Nc1nc(-c2cccs2)cs1. The van der Waals surface area contributed by atoms with Gasteiger partial charge in [0.15, 0.2) is 5.13 Å². The van der Waals surface area contributed by atoms with Crippen molar-refractivity contribution in [3.8, 4) is 10.6 Å². The molecule has 0 aliphatic heterocycles. The zero-order valence-corrected chi connectivity index (χ0v) is 14.4. The lowest BCUT2D eigenvalue weighted by Crippen LogP contribution is -2.13. The molecule has 0 unspecified atom stereocenters. The van der Waals surface area contributed by atoms with Gasteiger partial charge in [-0.1, -0.05) is 29.4 Å². The Balaban J connectivity index is 1.54. The Labute approximate surface area is 144 Å². The largest absolute Gasteiger partial charge is 0.301 e. The van der Waals surface area contributed by atoms with Crippen LogP contribution >= 0.6 is 46.0 Å². The number of thiazole rings is 1. The first-order valence-corrected chi connectivity index (χ1v) is 9.36. The van der Waals surface area contributed by atoms with Gasteiger partial charge in [-0.25, -0.2) is 9.97 Å². The normalized spacial score (nSPS) is 10.6. The highest BCUT2D eigenvalue weighted by molar-refractivity contribution is 7.99. The Bertz CT molecular complexity index is 756. The standard InChI is InChI=1S/C14H10ClN3OS3/c15-9-3-4-13(16-6-9)21-8-12(19)18-14-17-10(7-22-14)11-2-1-5-20-11/h1-7H,8H2,(H,17,18,19). The van der Waals surface area contributed by atoms with E-state index in [0.29, 0.717) is 10.2 Å². The van der Waals surface area contributed by atoms with Crippen molar-refractivity contribution in [2.45, 2.75) is 5.03 Å². The number of nitrogens with zero attached hydrogens (tertiary/aromatic N) is 2. The topological polar surface area (TPSA) is 54.9 Å². The van der Waals surface area contributed by atoms with E-state index in [2.05, 4.69) is 15.3 Å². The lowest BCUT2D eigenvalue weighted by atomic mass is 10.4. The molecule has 0 atom stereocenters. The highest BCUT2D eigenvalue weighted by atomic mass is 35.5. The van der Waals surface area contributed by atoms with Gasteiger partial charge in [-0.05, 0) is 23.6 Å². The molecular weight excluding hydrogens is 358 g/mol. The molecule has 0 aliphatic carbocycles. The molecule has 22 heavy (non-hydrogen) atoms. The fourth-order valence-corrected chi connectivity index (χ4v) is 3.85. The number of halogens is 1. The van der Waals surface area contributed by atoms with Crippen LogP contribution in [-0.2, 0) is 4.79 Å². The van der Waals surface area contributed by atoms with Crippen LogP contribution in [0, 0.1) is 0 Å². The number of thioether (sulfide) groups is 1. The maximum Gasteiger partial charge on any atom is 0.236 e. The maximum atomic E-state index is 11.9. The van der Waals surface area contributed by atoms with E-state index in [-0.39, 0.29) is 11.7 Å². The lowest BCUT2D eigenvalue weighted by Gasteiger charge is -2.01. The summed E-state index contributed by atoms with van der Waals surface area (Å²) in [6.07, 6.45) is 1.57. The van der Waals surface area contributed by atoms with E-state index in [1.807, 2.05) is 22.9 Å². The predicted octanol–water partition coefficient (Wildman–Crippen LogP) is 4.65. The third kappa shape index (κ3) is 4.07. The summed E-state index contributed by atoms with van der Waals surface area (Å²) in [4.78, 5) is 21.6. The van der Waals surface area contributed by atoms with Crippen molar-refractivity contribution in [3.05, 3.63) is 46.2 Å². The van der Waals surface area contributed by atoms with Crippen LogP contribution in [0.15, 0.2) is 46.2 Å². The number of aromatic nitrogens is 2. The number of amides is 1. The van der Waals surface area contributed by atoms with Crippen LogP contribution in [0.3, 0.4) is 0 Å². The Hall–Kier alpha value is -1.41. The van der Waals surface area contributed by atoms with Gasteiger partial charge >= 0.3 is 0 Å². The maximum absolute atomic E-state index is 11.9. The minimum atomic E-state index is -0.103. The molecule has 3 rings (SSSR count). The zero-order chi connectivity index (χ0) is 15.4. The summed E-state index contributed by atoms with van der Waals surface area (Å²) < 4.78 is 0. The molecule has 4 nitrogen and oxygen atoms in total. The van der Waals surface area contributed by atoms with Gasteiger partial charge in [-0.15, -0.1) is 22.7 Å². The van der Waals surface area contributed by atoms with Crippen LogP contribution in [0.1, 0.15) is 0 Å². The smallest absolute Gasteiger partial charge is 0.236 e. The second-order valence-electron chi connectivity index (χ2n) is 4.17. The third-order valence-electron chi connectivity index (χ3n) is 2.58. The summed E-state index contributed by atoms with van der Waals surface area (Å²) in [6.45, 7) is 0. The molecule has 112 valence electrons. The molecule has 0 aromatic carbocycles. The minimum Gasteiger partial charge on any atom is -0.301 e. The van der Waals surface area contributed by atoms with Crippen LogP contribution < -0.4 is 5.32 Å². The van der Waals surface area contributed by atoms with E-state index in [0.717, 1.165) is 15.6 Å². The van der Waals surface area contributed by atoms with Gasteiger partial charge in [0.1, 0.15) is 0 Å². The number of hydrogen-bond donors (Lipinski definition) is 1. The first-order valence-electron chi connectivity index (χ1n) is 6.24. The van der Waals surface area contributed by atoms with Gasteiger partial charge in [0.25, 0.3) is 0 Å². The molecule has 0 saturated heterocycles. The molecule has 3 heterocycles. The second kappa shape index (κ2) is 7.23. The molecular formula is C14H10ClN3OS3. The van der Waals surface area contributed by atoms with E-state index in [1.54, 1.807) is 29.7 Å². The highest BCUT2D eigenvalue weighted by Gasteiger charge is 2.09. The molecule has 3 aromatic rings. The van der Waals surface area contributed by atoms with Crippen LogP contribution in [0.4, 0.5) is 5.13 Å². The number of anilines is 1. The average Bonchev–Trinajstić information content (AvgIpc) is 3.17. The molecule has 0 spiro atoms.